The number of aryl methyl sites for hydroxylation is 1. The van der Waals surface area contributed by atoms with Crippen LogP contribution in [0.25, 0.3) is 11.3 Å². The van der Waals surface area contributed by atoms with Crippen LogP contribution in [0.3, 0.4) is 0 Å². The number of halogens is 2. The Morgan fingerprint density at radius 1 is 1.44 bits per heavy atom. The molecule has 0 aliphatic heterocycles. The van der Waals surface area contributed by atoms with E-state index in [9.17, 15) is 4.39 Å². The number of anilines is 1. The maximum absolute atomic E-state index is 13.0. The molecule has 0 aliphatic rings. The normalized spacial score (nSPS) is 10.8. The molecule has 0 bridgehead atoms. The summed E-state index contributed by atoms with van der Waals surface area (Å²) in [5.74, 6) is -0.368. The molecule has 0 saturated heterocycles. The molecule has 0 amide bonds. The van der Waals surface area contributed by atoms with E-state index >= 15 is 0 Å². The first-order valence-corrected chi connectivity index (χ1v) is 6.28. The number of nitrogen functional groups attached to an aromatic ring is 1. The Balaban J connectivity index is 2.35. The summed E-state index contributed by atoms with van der Waals surface area (Å²) in [6.45, 7) is 2.93. The molecule has 96 valence electrons. The first-order chi connectivity index (χ1) is 8.61. The van der Waals surface area contributed by atoms with Crippen molar-refractivity contribution >= 4 is 17.3 Å². The van der Waals surface area contributed by atoms with Gasteiger partial charge in [0.15, 0.2) is 0 Å². The summed E-state index contributed by atoms with van der Waals surface area (Å²) >= 11 is 6.00. The van der Waals surface area contributed by atoms with E-state index in [0.717, 1.165) is 19.4 Å². The van der Waals surface area contributed by atoms with Gasteiger partial charge < -0.3 is 5.73 Å². The van der Waals surface area contributed by atoms with Crippen LogP contribution in [0.4, 0.5) is 10.1 Å². The van der Waals surface area contributed by atoms with Crippen LogP contribution in [0.1, 0.15) is 19.8 Å². The van der Waals surface area contributed by atoms with Gasteiger partial charge in [0.25, 0.3) is 0 Å². The highest BCUT2D eigenvalue weighted by molar-refractivity contribution is 6.33. The first-order valence-electron chi connectivity index (χ1n) is 5.90. The molecule has 1 aromatic carbocycles. The van der Waals surface area contributed by atoms with Crippen molar-refractivity contribution in [1.82, 2.24) is 9.78 Å². The van der Waals surface area contributed by atoms with E-state index < -0.39 is 0 Å². The topological polar surface area (TPSA) is 43.8 Å². The van der Waals surface area contributed by atoms with Gasteiger partial charge in [0.2, 0.25) is 0 Å². The number of rotatable bonds is 4. The van der Waals surface area contributed by atoms with Crippen LogP contribution in [0.2, 0.25) is 5.02 Å². The van der Waals surface area contributed by atoms with Gasteiger partial charge in [0.05, 0.1) is 10.7 Å². The number of unbranched alkanes of at least 4 members (excludes halogenated alkanes) is 1. The first kappa shape index (κ1) is 12.9. The molecule has 2 rings (SSSR count). The van der Waals surface area contributed by atoms with Crippen molar-refractivity contribution in [3.05, 3.63) is 35.2 Å². The molecule has 3 nitrogen and oxygen atoms in total. The van der Waals surface area contributed by atoms with Crippen LogP contribution < -0.4 is 5.73 Å². The second-order valence-corrected chi connectivity index (χ2v) is 4.58. The monoisotopic (exact) mass is 267 g/mol. The van der Waals surface area contributed by atoms with Crippen LogP contribution in [-0.2, 0) is 6.54 Å². The lowest BCUT2D eigenvalue weighted by Crippen LogP contribution is -1.98. The molecule has 1 heterocycles. The van der Waals surface area contributed by atoms with Gasteiger partial charge in [-0.2, -0.15) is 5.10 Å². The third-order valence-electron chi connectivity index (χ3n) is 2.72. The molecule has 0 spiro atoms. The van der Waals surface area contributed by atoms with Crippen molar-refractivity contribution in [3.8, 4) is 11.3 Å². The molecular weight excluding hydrogens is 253 g/mol. The second-order valence-electron chi connectivity index (χ2n) is 4.17. The molecule has 0 fully saturated rings. The van der Waals surface area contributed by atoms with Crippen LogP contribution in [0.5, 0.6) is 0 Å². The van der Waals surface area contributed by atoms with E-state index in [-0.39, 0.29) is 5.82 Å². The van der Waals surface area contributed by atoms with Crippen LogP contribution in [0, 0.1) is 5.82 Å². The van der Waals surface area contributed by atoms with Crippen molar-refractivity contribution in [3.63, 3.8) is 0 Å². The smallest absolute Gasteiger partial charge is 0.124 e. The number of nitrogens with two attached hydrogens (primary N) is 1. The molecule has 0 aliphatic carbocycles. The fourth-order valence-corrected chi connectivity index (χ4v) is 2.02. The van der Waals surface area contributed by atoms with Crippen molar-refractivity contribution in [1.29, 1.82) is 0 Å². The van der Waals surface area contributed by atoms with Crippen molar-refractivity contribution in [2.24, 2.45) is 0 Å². The van der Waals surface area contributed by atoms with Gasteiger partial charge in [-0.05, 0) is 24.6 Å². The van der Waals surface area contributed by atoms with Crippen molar-refractivity contribution in [2.75, 3.05) is 5.73 Å². The zero-order chi connectivity index (χ0) is 13.1. The zero-order valence-electron chi connectivity index (χ0n) is 10.2. The summed E-state index contributed by atoms with van der Waals surface area (Å²) in [7, 11) is 0. The predicted molar refractivity (Wildman–Crippen MR) is 72.0 cm³/mol. The Bertz CT molecular complexity index is 551. The maximum Gasteiger partial charge on any atom is 0.124 e. The summed E-state index contributed by atoms with van der Waals surface area (Å²) < 4.78 is 14.8. The number of hydrogen-bond acceptors (Lipinski definition) is 2. The molecule has 0 radical (unpaired) electrons. The highest BCUT2D eigenvalue weighted by atomic mass is 35.5. The van der Waals surface area contributed by atoms with Crippen LogP contribution in [-0.4, -0.2) is 9.78 Å². The average Bonchev–Trinajstić information content (AvgIpc) is 2.68. The van der Waals surface area contributed by atoms with Gasteiger partial charge in [-0.25, -0.2) is 4.39 Å². The SMILES string of the molecule is CCCCn1cc(N)c(-c2ccc(F)cc2Cl)n1. The Hall–Kier alpha value is -1.55. The van der Waals surface area contributed by atoms with Crippen molar-refractivity contribution < 1.29 is 4.39 Å². The highest BCUT2D eigenvalue weighted by Gasteiger charge is 2.12. The molecule has 2 N–H and O–H groups in total. The van der Waals surface area contributed by atoms with Crippen LogP contribution >= 0.6 is 11.6 Å². The van der Waals surface area contributed by atoms with E-state index in [4.69, 9.17) is 17.3 Å². The number of nitrogens with zero attached hydrogens (tertiary/aromatic N) is 2. The lowest BCUT2D eigenvalue weighted by atomic mass is 10.1. The van der Waals surface area contributed by atoms with Gasteiger partial charge in [0.1, 0.15) is 11.5 Å². The molecule has 5 heteroatoms. The van der Waals surface area contributed by atoms with E-state index in [1.165, 1.54) is 12.1 Å². The third kappa shape index (κ3) is 2.64. The molecule has 2 aromatic rings. The van der Waals surface area contributed by atoms with E-state index in [1.807, 2.05) is 0 Å². The van der Waals surface area contributed by atoms with Gasteiger partial charge in [-0.3, -0.25) is 4.68 Å². The minimum atomic E-state index is -0.368. The van der Waals surface area contributed by atoms with Crippen LogP contribution in [0.15, 0.2) is 24.4 Å². The summed E-state index contributed by atoms with van der Waals surface area (Å²) in [4.78, 5) is 0. The van der Waals surface area contributed by atoms with Gasteiger partial charge in [0, 0.05) is 18.3 Å². The Morgan fingerprint density at radius 3 is 2.89 bits per heavy atom. The quantitative estimate of drug-likeness (QED) is 0.917. The largest absolute Gasteiger partial charge is 0.396 e. The van der Waals surface area contributed by atoms with E-state index in [2.05, 4.69) is 12.0 Å². The molecule has 0 saturated carbocycles. The number of benzene rings is 1. The fourth-order valence-electron chi connectivity index (χ4n) is 1.76. The third-order valence-corrected chi connectivity index (χ3v) is 3.03. The summed E-state index contributed by atoms with van der Waals surface area (Å²) in [6.07, 6.45) is 3.91. The van der Waals surface area contributed by atoms with Gasteiger partial charge in [-0.1, -0.05) is 24.9 Å². The minimum Gasteiger partial charge on any atom is -0.396 e. The van der Waals surface area contributed by atoms with Crippen molar-refractivity contribution in [2.45, 2.75) is 26.3 Å². The molecule has 0 atom stereocenters. The molecule has 1 aromatic heterocycles. The van der Waals surface area contributed by atoms with Gasteiger partial charge >= 0.3 is 0 Å². The summed E-state index contributed by atoms with van der Waals surface area (Å²) in [5, 5.41) is 4.71. The predicted octanol–water partition coefficient (Wildman–Crippen LogP) is 3.72. The Morgan fingerprint density at radius 2 is 2.22 bits per heavy atom. The fraction of sp³-hybridized carbons (Fsp3) is 0.308. The molecule has 0 unspecified atom stereocenters. The minimum absolute atomic E-state index is 0.322. The zero-order valence-corrected chi connectivity index (χ0v) is 10.9. The second kappa shape index (κ2) is 5.40. The van der Waals surface area contributed by atoms with E-state index in [0.29, 0.717) is 22.0 Å². The maximum atomic E-state index is 13.0. The lowest BCUT2D eigenvalue weighted by molar-refractivity contribution is 0.573. The highest BCUT2D eigenvalue weighted by Crippen LogP contribution is 2.31. The van der Waals surface area contributed by atoms with Gasteiger partial charge in [-0.15, -0.1) is 0 Å². The Kier molecular flexibility index (Phi) is 3.87. The summed E-state index contributed by atoms with van der Waals surface area (Å²) in [6, 6.07) is 4.22. The Labute approximate surface area is 110 Å². The van der Waals surface area contributed by atoms with E-state index in [1.54, 1.807) is 16.9 Å². The number of aromatic nitrogens is 2. The summed E-state index contributed by atoms with van der Waals surface area (Å²) in [5.41, 5.74) is 7.74. The number of hydrogen-bond donors (Lipinski definition) is 1. The standard InChI is InChI=1S/C13H15ClFN3/c1-2-3-6-18-8-12(16)13(17-18)10-5-4-9(15)7-11(10)14/h4-5,7-8H,2-3,6,16H2,1H3. The lowest BCUT2D eigenvalue weighted by Gasteiger charge is -2.02. The molecular formula is C13H15ClFN3. The molecule has 18 heavy (non-hydrogen) atoms. The average molecular weight is 268 g/mol.